The minimum atomic E-state index is -0.787. The highest BCUT2D eigenvalue weighted by Gasteiger charge is 2.19. The Bertz CT molecular complexity index is 894. The zero-order chi connectivity index (χ0) is 17.6. The van der Waals surface area contributed by atoms with Crippen LogP contribution in [0.25, 0.3) is 10.9 Å². The number of aromatic nitrogens is 1. The van der Waals surface area contributed by atoms with Crippen LogP contribution in [-0.4, -0.2) is 22.8 Å². The van der Waals surface area contributed by atoms with Crippen molar-refractivity contribution >= 4 is 22.7 Å². The lowest BCUT2D eigenvalue weighted by Crippen LogP contribution is -2.46. The molecule has 0 spiro atoms. The molecule has 126 valence electrons. The van der Waals surface area contributed by atoms with Crippen LogP contribution in [-0.2, 0) is 22.4 Å². The predicted octanol–water partition coefficient (Wildman–Crippen LogP) is 1.99. The highest BCUT2D eigenvalue weighted by atomic mass is 16.2. The maximum Gasteiger partial charge on any atom is 0.240 e. The number of nitrogens with one attached hydrogen (secondary N) is 1. The zero-order valence-corrected chi connectivity index (χ0v) is 13.7. The summed E-state index contributed by atoms with van der Waals surface area (Å²) in [5.41, 5.74) is 7.90. The third-order valence-corrected chi connectivity index (χ3v) is 3.96. The van der Waals surface area contributed by atoms with E-state index in [2.05, 4.69) is 10.3 Å². The van der Waals surface area contributed by atoms with Gasteiger partial charge in [-0.25, -0.2) is 0 Å². The topological polar surface area (TPSA) is 85.1 Å². The van der Waals surface area contributed by atoms with E-state index in [4.69, 9.17) is 5.73 Å². The maximum atomic E-state index is 12.2. The van der Waals surface area contributed by atoms with Gasteiger partial charge in [0.2, 0.25) is 11.8 Å². The predicted molar refractivity (Wildman–Crippen MR) is 96.7 cm³/mol. The molecule has 0 saturated carbocycles. The van der Waals surface area contributed by atoms with Gasteiger partial charge >= 0.3 is 0 Å². The van der Waals surface area contributed by atoms with Crippen LogP contribution >= 0.6 is 0 Å². The van der Waals surface area contributed by atoms with E-state index in [-0.39, 0.29) is 18.7 Å². The molecule has 1 heterocycles. The third kappa shape index (κ3) is 4.41. The number of amides is 2. The molecular weight excluding hydrogens is 314 g/mol. The molecule has 1 aromatic heterocycles. The smallest absolute Gasteiger partial charge is 0.240 e. The molecule has 0 fully saturated rings. The highest BCUT2D eigenvalue weighted by Crippen LogP contribution is 2.13. The molecule has 2 aromatic carbocycles. The summed E-state index contributed by atoms with van der Waals surface area (Å²) in [7, 11) is 0. The molecule has 5 nitrogen and oxygen atoms in total. The van der Waals surface area contributed by atoms with E-state index >= 15 is 0 Å². The lowest BCUT2D eigenvalue weighted by atomic mass is 10.1. The number of para-hydroxylation sites is 1. The van der Waals surface area contributed by atoms with Crippen molar-refractivity contribution in [2.45, 2.75) is 18.9 Å². The van der Waals surface area contributed by atoms with Crippen molar-refractivity contribution in [1.82, 2.24) is 10.3 Å². The largest absolute Gasteiger partial charge is 0.368 e. The van der Waals surface area contributed by atoms with Crippen molar-refractivity contribution in [2.24, 2.45) is 5.73 Å². The maximum absolute atomic E-state index is 12.2. The number of pyridine rings is 1. The fraction of sp³-hybridized carbons (Fsp3) is 0.150. The summed E-state index contributed by atoms with van der Waals surface area (Å²) in [6, 6.07) is 20.1. The van der Waals surface area contributed by atoms with E-state index in [1.807, 2.05) is 66.7 Å². The van der Waals surface area contributed by atoms with Crippen molar-refractivity contribution in [3.63, 3.8) is 0 Å². The molecule has 1 atom stereocenters. The van der Waals surface area contributed by atoms with Crippen molar-refractivity contribution in [1.29, 1.82) is 0 Å². The van der Waals surface area contributed by atoms with Crippen molar-refractivity contribution in [2.75, 3.05) is 0 Å². The van der Waals surface area contributed by atoms with Crippen molar-refractivity contribution in [3.8, 4) is 0 Å². The van der Waals surface area contributed by atoms with Gasteiger partial charge in [-0.2, -0.15) is 0 Å². The van der Waals surface area contributed by atoms with Crippen LogP contribution in [0.4, 0.5) is 0 Å². The molecule has 0 radical (unpaired) electrons. The number of benzene rings is 2. The van der Waals surface area contributed by atoms with Crippen molar-refractivity contribution < 1.29 is 9.59 Å². The summed E-state index contributed by atoms with van der Waals surface area (Å²) in [5, 5.41) is 3.73. The summed E-state index contributed by atoms with van der Waals surface area (Å²) in [6.45, 7) is 0. The van der Waals surface area contributed by atoms with Gasteiger partial charge in [0, 0.05) is 17.5 Å². The summed E-state index contributed by atoms with van der Waals surface area (Å²) in [5.74, 6) is -0.813. The Kier molecular flexibility index (Phi) is 5.04. The van der Waals surface area contributed by atoms with E-state index < -0.39 is 11.9 Å². The molecule has 0 aliphatic carbocycles. The number of primary amides is 1. The van der Waals surface area contributed by atoms with Gasteiger partial charge < -0.3 is 11.1 Å². The number of nitrogens with zero attached hydrogens (tertiary/aromatic N) is 1. The number of nitrogens with two attached hydrogens (primary N) is 1. The Balaban J connectivity index is 1.70. The first-order valence-electron chi connectivity index (χ1n) is 8.09. The summed E-state index contributed by atoms with van der Waals surface area (Å²) >= 11 is 0. The Morgan fingerprint density at radius 1 is 0.960 bits per heavy atom. The Hall–Kier alpha value is -3.21. The van der Waals surface area contributed by atoms with Gasteiger partial charge in [-0.3, -0.25) is 14.6 Å². The number of hydrogen-bond donors (Lipinski definition) is 2. The molecule has 25 heavy (non-hydrogen) atoms. The van der Waals surface area contributed by atoms with E-state index in [9.17, 15) is 9.59 Å². The average molecular weight is 333 g/mol. The quantitative estimate of drug-likeness (QED) is 0.723. The average Bonchev–Trinajstić information content (AvgIpc) is 2.62. The Labute approximate surface area is 145 Å². The number of carbonyl (C=O) groups excluding carboxylic acids is 2. The van der Waals surface area contributed by atoms with Crippen LogP contribution in [0.1, 0.15) is 11.3 Å². The number of carbonyl (C=O) groups is 2. The molecular formula is C20H19N3O2. The second kappa shape index (κ2) is 7.57. The summed E-state index contributed by atoms with van der Waals surface area (Å²) in [6.07, 6.45) is 0.469. The first-order valence-corrected chi connectivity index (χ1v) is 8.09. The third-order valence-electron chi connectivity index (χ3n) is 3.96. The lowest BCUT2D eigenvalue weighted by molar-refractivity contribution is -0.127. The van der Waals surface area contributed by atoms with Gasteiger partial charge in [0.25, 0.3) is 0 Å². The monoisotopic (exact) mass is 333 g/mol. The molecule has 3 rings (SSSR count). The minimum Gasteiger partial charge on any atom is -0.368 e. The lowest BCUT2D eigenvalue weighted by Gasteiger charge is -2.15. The molecule has 0 unspecified atom stereocenters. The normalized spacial score (nSPS) is 11.8. The van der Waals surface area contributed by atoms with Gasteiger partial charge in [0.1, 0.15) is 6.04 Å². The second-order valence-corrected chi connectivity index (χ2v) is 5.88. The first-order chi connectivity index (χ1) is 12.1. The van der Waals surface area contributed by atoms with Gasteiger partial charge in [0.05, 0.1) is 11.9 Å². The molecule has 0 aliphatic heterocycles. The molecule has 3 N–H and O–H groups in total. The van der Waals surface area contributed by atoms with Gasteiger partial charge in [-0.1, -0.05) is 54.6 Å². The van der Waals surface area contributed by atoms with Crippen LogP contribution in [0.15, 0.2) is 66.7 Å². The molecule has 0 bridgehead atoms. The van der Waals surface area contributed by atoms with Crippen molar-refractivity contribution in [3.05, 3.63) is 78.0 Å². The molecule has 3 aromatic rings. The number of fused-ring (bicyclic) bond motifs is 1. The Morgan fingerprint density at radius 2 is 1.68 bits per heavy atom. The number of rotatable bonds is 6. The SMILES string of the molecule is NC(=O)[C@@H](Cc1ccc2ccccc2n1)NC(=O)Cc1ccccc1. The second-order valence-electron chi connectivity index (χ2n) is 5.88. The van der Waals surface area contributed by atoms with Crippen LogP contribution in [0.5, 0.6) is 0 Å². The zero-order valence-electron chi connectivity index (χ0n) is 13.7. The first kappa shape index (κ1) is 16.6. The van der Waals surface area contributed by atoms with E-state index in [1.54, 1.807) is 0 Å². The fourth-order valence-corrected chi connectivity index (χ4v) is 2.68. The minimum absolute atomic E-state index is 0.204. The highest BCUT2D eigenvalue weighted by molar-refractivity contribution is 5.87. The molecule has 0 saturated heterocycles. The van der Waals surface area contributed by atoms with Gasteiger partial charge in [-0.05, 0) is 17.7 Å². The fourth-order valence-electron chi connectivity index (χ4n) is 2.68. The molecule has 2 amide bonds. The van der Waals surface area contributed by atoms with Crippen LogP contribution in [0, 0.1) is 0 Å². The van der Waals surface area contributed by atoms with E-state index in [1.165, 1.54) is 0 Å². The van der Waals surface area contributed by atoms with E-state index in [0.717, 1.165) is 16.5 Å². The number of hydrogen-bond acceptors (Lipinski definition) is 3. The van der Waals surface area contributed by atoms with Crippen LogP contribution in [0.3, 0.4) is 0 Å². The van der Waals surface area contributed by atoms with E-state index in [0.29, 0.717) is 5.69 Å². The van der Waals surface area contributed by atoms with Gasteiger partial charge in [-0.15, -0.1) is 0 Å². The summed E-state index contributed by atoms with van der Waals surface area (Å²) in [4.78, 5) is 28.5. The van der Waals surface area contributed by atoms with Crippen LogP contribution < -0.4 is 11.1 Å². The molecule has 0 aliphatic rings. The van der Waals surface area contributed by atoms with Crippen LogP contribution in [0.2, 0.25) is 0 Å². The standard InChI is InChI=1S/C20H19N3O2/c21-20(25)18(23-19(24)12-14-6-2-1-3-7-14)13-16-11-10-15-8-4-5-9-17(15)22-16/h1-11,18H,12-13H2,(H2,21,25)(H,23,24)/t18-/m1/s1. The van der Waals surface area contributed by atoms with Gasteiger partial charge in [0.15, 0.2) is 0 Å². The Morgan fingerprint density at radius 3 is 2.44 bits per heavy atom. The summed E-state index contributed by atoms with van der Waals surface area (Å²) < 4.78 is 0. The molecule has 5 heteroatoms.